The lowest BCUT2D eigenvalue weighted by Crippen LogP contribution is -2.25. The van der Waals surface area contributed by atoms with Crippen molar-refractivity contribution in [3.63, 3.8) is 0 Å². The summed E-state index contributed by atoms with van der Waals surface area (Å²) in [4.78, 5) is 12.7. The van der Waals surface area contributed by atoms with E-state index >= 15 is 0 Å². The number of halogens is 5. The topological polar surface area (TPSA) is 65.7 Å². The Morgan fingerprint density at radius 3 is 2.06 bits per heavy atom. The van der Waals surface area contributed by atoms with Gasteiger partial charge in [-0.3, -0.25) is 4.79 Å². The molecule has 0 aromatic heterocycles. The molecule has 0 atom stereocenters. The molecule has 0 radical (unpaired) electrons. The van der Waals surface area contributed by atoms with Crippen molar-refractivity contribution in [3.05, 3.63) is 99.9 Å². The molecule has 1 aliphatic heterocycles. The first-order valence-electron chi connectivity index (χ1n) is 10.1. The van der Waals surface area contributed by atoms with Crippen LogP contribution in [0.5, 0.6) is 5.75 Å². The predicted molar refractivity (Wildman–Crippen MR) is 117 cm³/mol. The van der Waals surface area contributed by atoms with Crippen LogP contribution in [-0.2, 0) is 11.4 Å². The molecule has 0 saturated heterocycles. The van der Waals surface area contributed by atoms with Gasteiger partial charge in [-0.15, -0.1) is 0 Å². The van der Waals surface area contributed by atoms with Crippen LogP contribution in [0.15, 0.2) is 59.2 Å². The lowest BCUT2D eigenvalue weighted by molar-refractivity contribution is -0.114. The number of carbonyl (C=O) groups excluding carboxylic acids is 1. The van der Waals surface area contributed by atoms with Gasteiger partial charge in [0.15, 0.2) is 23.3 Å². The van der Waals surface area contributed by atoms with Gasteiger partial charge >= 0.3 is 0 Å². The molecule has 0 saturated carbocycles. The van der Waals surface area contributed by atoms with E-state index in [1.807, 2.05) is 6.07 Å². The fourth-order valence-corrected chi connectivity index (χ4v) is 3.28. The SMILES string of the molecule is CC1=NN(c2c(F)c(F)c(F)c(F)c2F)C(=O)/C1=C\c1ccc(OCc2ccc(C#N)cc2)cc1. The van der Waals surface area contributed by atoms with E-state index in [2.05, 4.69) is 5.10 Å². The third kappa shape index (κ3) is 4.48. The van der Waals surface area contributed by atoms with E-state index in [0.29, 0.717) is 16.9 Å². The first kappa shape index (κ1) is 23.6. The lowest BCUT2D eigenvalue weighted by Gasteiger charge is -2.15. The number of amides is 1. The predicted octanol–water partition coefficient (Wildman–Crippen LogP) is 5.64. The standard InChI is InChI=1S/C25H14F5N3O2/c1-13-18(25(34)33(32-13)24-22(29)20(27)19(26)21(28)23(24)30)10-14-6-8-17(9-7-14)35-12-16-4-2-15(11-31)3-5-16/h2-10H,12H2,1H3/b18-10-. The minimum Gasteiger partial charge on any atom is -0.489 e. The second kappa shape index (κ2) is 9.38. The second-order valence-corrected chi connectivity index (χ2v) is 7.45. The molecule has 0 spiro atoms. The van der Waals surface area contributed by atoms with Crippen LogP contribution in [0.3, 0.4) is 0 Å². The summed E-state index contributed by atoms with van der Waals surface area (Å²) in [6.45, 7) is 1.62. The van der Waals surface area contributed by atoms with E-state index in [0.717, 1.165) is 5.56 Å². The van der Waals surface area contributed by atoms with Crippen LogP contribution in [-0.4, -0.2) is 11.6 Å². The molecule has 3 aromatic carbocycles. The summed E-state index contributed by atoms with van der Waals surface area (Å²) in [6.07, 6.45) is 1.37. The van der Waals surface area contributed by atoms with Crippen LogP contribution >= 0.6 is 0 Å². The maximum absolute atomic E-state index is 14.2. The molecule has 1 aliphatic rings. The van der Waals surface area contributed by atoms with Crippen LogP contribution in [0.1, 0.15) is 23.6 Å². The maximum atomic E-state index is 14.2. The van der Waals surface area contributed by atoms with E-state index < -0.39 is 40.7 Å². The first-order chi connectivity index (χ1) is 16.7. The molecule has 0 N–H and O–H groups in total. The molecule has 35 heavy (non-hydrogen) atoms. The highest BCUT2D eigenvalue weighted by Gasteiger charge is 2.36. The van der Waals surface area contributed by atoms with Crippen molar-refractivity contribution < 1.29 is 31.5 Å². The number of benzene rings is 3. The number of ether oxygens (including phenoxy) is 1. The quantitative estimate of drug-likeness (QED) is 0.204. The van der Waals surface area contributed by atoms with Gasteiger partial charge in [-0.1, -0.05) is 24.3 Å². The van der Waals surface area contributed by atoms with Gasteiger partial charge < -0.3 is 4.74 Å². The number of nitriles is 1. The number of carbonyl (C=O) groups is 1. The lowest BCUT2D eigenvalue weighted by atomic mass is 10.1. The molecule has 4 rings (SSSR count). The van der Waals surface area contributed by atoms with Crippen molar-refractivity contribution >= 4 is 23.4 Å². The Hall–Kier alpha value is -4.52. The molecule has 3 aromatic rings. The minimum absolute atomic E-state index is 0.0279. The molecule has 176 valence electrons. The number of nitrogens with zero attached hydrogens (tertiary/aromatic N) is 3. The number of anilines is 1. The summed E-state index contributed by atoms with van der Waals surface area (Å²) in [6, 6.07) is 15.4. The molecule has 1 amide bonds. The third-order valence-corrected chi connectivity index (χ3v) is 5.14. The van der Waals surface area contributed by atoms with Crippen molar-refractivity contribution in [1.82, 2.24) is 0 Å². The average molecular weight is 483 g/mol. The van der Waals surface area contributed by atoms with Gasteiger partial charge in [0.25, 0.3) is 5.91 Å². The Balaban J connectivity index is 1.52. The van der Waals surface area contributed by atoms with Gasteiger partial charge in [0, 0.05) is 0 Å². The van der Waals surface area contributed by atoms with Gasteiger partial charge in [0.05, 0.1) is 22.9 Å². The zero-order chi connectivity index (χ0) is 25.3. The summed E-state index contributed by atoms with van der Waals surface area (Å²) in [5.74, 6) is -11.5. The highest BCUT2D eigenvalue weighted by molar-refractivity contribution is 6.32. The largest absolute Gasteiger partial charge is 0.489 e. The summed E-state index contributed by atoms with van der Waals surface area (Å²) in [5, 5.41) is 12.7. The Kier molecular flexibility index (Phi) is 6.34. The average Bonchev–Trinajstić information content (AvgIpc) is 3.14. The van der Waals surface area contributed by atoms with E-state index in [4.69, 9.17) is 10.00 Å². The van der Waals surface area contributed by atoms with E-state index in [1.165, 1.54) is 13.0 Å². The van der Waals surface area contributed by atoms with Crippen LogP contribution in [0.2, 0.25) is 0 Å². The number of hydrazone groups is 1. The molecule has 0 unspecified atom stereocenters. The molecule has 10 heteroatoms. The second-order valence-electron chi connectivity index (χ2n) is 7.45. The van der Waals surface area contributed by atoms with Crippen LogP contribution < -0.4 is 9.75 Å². The first-order valence-corrected chi connectivity index (χ1v) is 10.1. The summed E-state index contributed by atoms with van der Waals surface area (Å²) in [5.41, 5.74) is 0.394. The smallest absolute Gasteiger partial charge is 0.280 e. The van der Waals surface area contributed by atoms with Crippen LogP contribution in [0.25, 0.3) is 6.08 Å². The Labute approximate surface area is 196 Å². The monoisotopic (exact) mass is 483 g/mol. The number of rotatable bonds is 5. The fourth-order valence-electron chi connectivity index (χ4n) is 3.28. The maximum Gasteiger partial charge on any atom is 0.280 e. The third-order valence-electron chi connectivity index (χ3n) is 5.14. The van der Waals surface area contributed by atoms with Gasteiger partial charge in [-0.05, 0) is 48.4 Å². The normalized spacial score (nSPS) is 14.3. The highest BCUT2D eigenvalue weighted by Crippen LogP contribution is 2.34. The van der Waals surface area contributed by atoms with Crippen molar-refractivity contribution in [3.8, 4) is 11.8 Å². The molecule has 0 aliphatic carbocycles. The Morgan fingerprint density at radius 2 is 1.49 bits per heavy atom. The van der Waals surface area contributed by atoms with E-state index in [1.54, 1.807) is 48.5 Å². The van der Waals surface area contributed by atoms with Gasteiger partial charge in [0.2, 0.25) is 5.82 Å². The molecular weight excluding hydrogens is 469 g/mol. The van der Waals surface area contributed by atoms with Gasteiger partial charge in [0.1, 0.15) is 18.0 Å². The van der Waals surface area contributed by atoms with E-state index in [9.17, 15) is 26.7 Å². The zero-order valence-corrected chi connectivity index (χ0v) is 18.0. The van der Waals surface area contributed by atoms with Crippen molar-refractivity contribution in [2.75, 3.05) is 5.01 Å². The molecule has 1 heterocycles. The number of hydrogen-bond donors (Lipinski definition) is 0. The fraction of sp³-hybridized carbons (Fsp3) is 0.0800. The van der Waals surface area contributed by atoms with Gasteiger partial charge in [-0.25, -0.2) is 22.0 Å². The molecule has 5 nitrogen and oxygen atoms in total. The summed E-state index contributed by atoms with van der Waals surface area (Å²) in [7, 11) is 0. The minimum atomic E-state index is -2.33. The molecule has 0 bridgehead atoms. The Morgan fingerprint density at radius 1 is 0.914 bits per heavy atom. The van der Waals surface area contributed by atoms with E-state index in [-0.39, 0.29) is 22.9 Å². The number of hydrogen-bond acceptors (Lipinski definition) is 4. The Bertz CT molecular complexity index is 1400. The zero-order valence-electron chi connectivity index (χ0n) is 18.0. The van der Waals surface area contributed by atoms with Crippen molar-refractivity contribution in [1.29, 1.82) is 5.26 Å². The van der Waals surface area contributed by atoms with Gasteiger partial charge in [-0.2, -0.15) is 15.4 Å². The summed E-state index contributed by atoms with van der Waals surface area (Å²) < 4.78 is 74.5. The van der Waals surface area contributed by atoms with Crippen molar-refractivity contribution in [2.45, 2.75) is 13.5 Å². The highest BCUT2D eigenvalue weighted by atomic mass is 19.2. The summed E-state index contributed by atoms with van der Waals surface area (Å²) >= 11 is 0. The van der Waals surface area contributed by atoms with Crippen molar-refractivity contribution in [2.24, 2.45) is 5.10 Å². The van der Waals surface area contributed by atoms with Crippen LogP contribution in [0.4, 0.5) is 27.6 Å². The molecule has 0 fully saturated rings. The van der Waals surface area contributed by atoms with Crippen LogP contribution in [0, 0.1) is 40.4 Å². The molecular formula is C25H14F5N3O2.